The number of likely N-dealkylation sites (tertiary alicyclic amines) is 1. The highest BCUT2D eigenvalue weighted by atomic mass is 16.6. The van der Waals surface area contributed by atoms with E-state index in [4.69, 9.17) is 4.74 Å². The van der Waals surface area contributed by atoms with E-state index in [1.165, 1.54) is 0 Å². The van der Waals surface area contributed by atoms with Gasteiger partial charge < -0.3 is 9.64 Å². The number of fused-ring (bicyclic) bond motifs is 1. The van der Waals surface area contributed by atoms with Crippen molar-refractivity contribution >= 4 is 11.9 Å². The molecule has 0 spiro atoms. The van der Waals surface area contributed by atoms with Crippen molar-refractivity contribution in [1.29, 1.82) is 0 Å². The van der Waals surface area contributed by atoms with Crippen LogP contribution in [0.2, 0.25) is 0 Å². The van der Waals surface area contributed by atoms with Crippen LogP contribution in [0.5, 0.6) is 0 Å². The first kappa shape index (κ1) is 15.1. The molecule has 0 N–H and O–H groups in total. The number of amides is 1. The van der Waals surface area contributed by atoms with Crippen LogP contribution in [-0.2, 0) is 11.2 Å². The zero-order chi connectivity index (χ0) is 15.9. The van der Waals surface area contributed by atoms with Crippen LogP contribution in [0.25, 0.3) is 0 Å². The number of ketones is 1. The van der Waals surface area contributed by atoms with Gasteiger partial charge in [0, 0.05) is 24.1 Å². The lowest BCUT2D eigenvalue weighted by Crippen LogP contribution is -2.44. The normalized spacial score (nSPS) is 24.5. The van der Waals surface area contributed by atoms with E-state index in [1.807, 2.05) is 45.0 Å². The highest BCUT2D eigenvalue weighted by Gasteiger charge is 2.43. The van der Waals surface area contributed by atoms with Crippen LogP contribution < -0.4 is 0 Å². The third-order valence-electron chi connectivity index (χ3n) is 4.45. The van der Waals surface area contributed by atoms with Gasteiger partial charge in [-0.3, -0.25) is 4.79 Å². The first-order valence-electron chi connectivity index (χ1n) is 7.98. The molecule has 0 radical (unpaired) electrons. The minimum atomic E-state index is -0.507. The van der Waals surface area contributed by atoms with Crippen molar-refractivity contribution in [3.63, 3.8) is 0 Å². The van der Waals surface area contributed by atoms with Crippen LogP contribution in [0.3, 0.4) is 0 Å². The number of benzene rings is 1. The highest BCUT2D eigenvalue weighted by molar-refractivity contribution is 6.02. The lowest BCUT2D eigenvalue weighted by atomic mass is 9.93. The van der Waals surface area contributed by atoms with E-state index < -0.39 is 5.60 Å². The van der Waals surface area contributed by atoms with Gasteiger partial charge in [0.15, 0.2) is 5.78 Å². The molecule has 1 amide bonds. The fraction of sp³-hybridized carbons (Fsp3) is 0.556. The van der Waals surface area contributed by atoms with Crippen molar-refractivity contribution < 1.29 is 14.3 Å². The molecule has 1 heterocycles. The maximum atomic E-state index is 12.7. The molecule has 1 fully saturated rings. The summed E-state index contributed by atoms with van der Waals surface area (Å²) >= 11 is 0. The number of Topliss-reactive ketones (excluding diaryl/α,β-unsaturated/α-hetero) is 1. The van der Waals surface area contributed by atoms with Gasteiger partial charge in [-0.15, -0.1) is 0 Å². The first-order chi connectivity index (χ1) is 10.4. The molecule has 0 unspecified atom stereocenters. The van der Waals surface area contributed by atoms with E-state index in [-0.39, 0.29) is 23.8 Å². The molecule has 4 heteroatoms. The van der Waals surface area contributed by atoms with Gasteiger partial charge in [0.1, 0.15) is 5.60 Å². The van der Waals surface area contributed by atoms with Gasteiger partial charge in [0.05, 0.1) is 0 Å². The summed E-state index contributed by atoms with van der Waals surface area (Å²) < 4.78 is 5.50. The number of nitrogens with zero attached hydrogens (tertiary/aromatic N) is 1. The summed E-state index contributed by atoms with van der Waals surface area (Å²) in [5, 5.41) is 0. The number of carbonyl (C=O) groups excluding carboxylic acids is 2. The van der Waals surface area contributed by atoms with Gasteiger partial charge in [0.2, 0.25) is 0 Å². The van der Waals surface area contributed by atoms with Crippen molar-refractivity contribution in [2.24, 2.45) is 5.92 Å². The predicted octanol–water partition coefficient (Wildman–Crippen LogP) is 3.44. The Bertz CT molecular complexity index is 603. The molecule has 0 bridgehead atoms. The van der Waals surface area contributed by atoms with Crippen LogP contribution in [0.15, 0.2) is 24.3 Å². The van der Waals surface area contributed by atoms with E-state index in [1.54, 1.807) is 4.90 Å². The van der Waals surface area contributed by atoms with Crippen LogP contribution in [0.1, 0.15) is 49.5 Å². The molecule has 1 aliphatic heterocycles. The maximum absolute atomic E-state index is 12.7. The van der Waals surface area contributed by atoms with E-state index in [9.17, 15) is 9.59 Å². The van der Waals surface area contributed by atoms with Crippen molar-refractivity contribution in [3.8, 4) is 0 Å². The minimum Gasteiger partial charge on any atom is -0.444 e. The van der Waals surface area contributed by atoms with Crippen LogP contribution >= 0.6 is 0 Å². The lowest BCUT2D eigenvalue weighted by Gasteiger charge is -2.31. The molecule has 118 valence electrons. The number of hydrogen-bond acceptors (Lipinski definition) is 3. The Balaban J connectivity index is 1.78. The summed E-state index contributed by atoms with van der Waals surface area (Å²) in [6.07, 6.45) is 2.26. The van der Waals surface area contributed by atoms with Crippen molar-refractivity contribution in [3.05, 3.63) is 35.4 Å². The Hall–Kier alpha value is -1.84. The third-order valence-corrected chi connectivity index (χ3v) is 4.45. The summed E-state index contributed by atoms with van der Waals surface area (Å²) in [6, 6.07) is 7.74. The monoisotopic (exact) mass is 301 g/mol. The molecule has 0 aromatic heterocycles. The Morgan fingerprint density at radius 2 is 2.00 bits per heavy atom. The minimum absolute atomic E-state index is 0.0326. The summed E-state index contributed by atoms with van der Waals surface area (Å²) in [6.45, 7) is 6.28. The molecule has 1 saturated heterocycles. The predicted molar refractivity (Wildman–Crippen MR) is 83.9 cm³/mol. The van der Waals surface area contributed by atoms with Gasteiger partial charge in [-0.2, -0.15) is 0 Å². The average Bonchev–Trinajstić information content (AvgIpc) is 3.02. The zero-order valence-electron chi connectivity index (χ0n) is 13.5. The SMILES string of the molecule is CC(C)(C)OC(=O)N1CCC[C@@H]1[C@H]1Cc2ccccc2C1=O. The summed E-state index contributed by atoms with van der Waals surface area (Å²) in [5.41, 5.74) is 1.42. The second kappa shape index (κ2) is 5.41. The first-order valence-corrected chi connectivity index (χ1v) is 7.98. The van der Waals surface area contributed by atoms with Crippen LogP contribution in [0.4, 0.5) is 4.79 Å². The molecule has 22 heavy (non-hydrogen) atoms. The number of ether oxygens (including phenoxy) is 1. The fourth-order valence-electron chi connectivity index (χ4n) is 3.54. The Kier molecular flexibility index (Phi) is 3.71. The highest BCUT2D eigenvalue weighted by Crippen LogP contribution is 2.35. The summed E-state index contributed by atoms with van der Waals surface area (Å²) in [7, 11) is 0. The number of carbonyl (C=O) groups is 2. The van der Waals surface area contributed by atoms with Crippen LogP contribution in [0, 0.1) is 5.92 Å². The molecule has 1 aromatic rings. The smallest absolute Gasteiger partial charge is 0.410 e. The van der Waals surface area contributed by atoms with E-state index >= 15 is 0 Å². The van der Waals surface area contributed by atoms with Crippen LogP contribution in [-0.4, -0.2) is 35.0 Å². The maximum Gasteiger partial charge on any atom is 0.410 e. The molecule has 1 aliphatic carbocycles. The van der Waals surface area contributed by atoms with Gasteiger partial charge in [-0.25, -0.2) is 4.79 Å². The second-order valence-electron chi connectivity index (χ2n) is 7.22. The van der Waals surface area contributed by atoms with E-state index in [2.05, 4.69) is 0 Å². The third kappa shape index (κ3) is 2.74. The van der Waals surface area contributed by atoms with Gasteiger partial charge in [-0.1, -0.05) is 24.3 Å². The Morgan fingerprint density at radius 1 is 1.27 bits per heavy atom. The molecular weight excluding hydrogens is 278 g/mol. The second-order valence-corrected chi connectivity index (χ2v) is 7.22. The zero-order valence-corrected chi connectivity index (χ0v) is 13.5. The molecule has 2 aliphatic rings. The molecule has 1 aromatic carbocycles. The van der Waals surface area contributed by atoms with Crippen molar-refractivity contribution in [2.75, 3.05) is 6.54 Å². The Labute approximate surface area is 131 Å². The molecule has 2 atom stereocenters. The largest absolute Gasteiger partial charge is 0.444 e. The molecule has 3 rings (SSSR count). The van der Waals surface area contributed by atoms with Gasteiger partial charge in [-0.05, 0) is 45.6 Å². The summed E-state index contributed by atoms with van der Waals surface area (Å²) in [5.74, 6) is 0.0588. The number of rotatable bonds is 1. The quantitative estimate of drug-likeness (QED) is 0.798. The molecule has 4 nitrogen and oxygen atoms in total. The van der Waals surface area contributed by atoms with Crippen molar-refractivity contribution in [1.82, 2.24) is 4.90 Å². The average molecular weight is 301 g/mol. The topological polar surface area (TPSA) is 46.6 Å². The standard InChI is InChI=1S/C18H23NO3/c1-18(2,3)22-17(21)19-10-6-9-15(19)14-11-12-7-4-5-8-13(12)16(14)20/h4-5,7-8,14-15H,6,9-11H2,1-3H3/t14-,15-/m1/s1. The van der Waals surface area contributed by atoms with E-state index in [0.29, 0.717) is 6.54 Å². The Morgan fingerprint density at radius 3 is 2.68 bits per heavy atom. The fourth-order valence-corrected chi connectivity index (χ4v) is 3.54. The van der Waals surface area contributed by atoms with Crippen molar-refractivity contribution in [2.45, 2.75) is 51.7 Å². The number of hydrogen-bond donors (Lipinski definition) is 0. The van der Waals surface area contributed by atoms with Gasteiger partial charge in [0.25, 0.3) is 0 Å². The van der Waals surface area contributed by atoms with E-state index in [0.717, 1.165) is 30.4 Å². The lowest BCUT2D eigenvalue weighted by molar-refractivity contribution is 0.0185. The molecule has 0 saturated carbocycles. The van der Waals surface area contributed by atoms with Gasteiger partial charge >= 0.3 is 6.09 Å². The molecular formula is C18H23NO3. The summed E-state index contributed by atoms with van der Waals surface area (Å²) in [4.78, 5) is 26.8.